The minimum Gasteiger partial charge on any atom is -0.479 e. The normalized spacial score (nSPS) is 14.2. The minimum absolute atomic E-state index is 0.184. The fraction of sp³-hybridized carbons (Fsp3) is 0.367. The largest absolute Gasteiger partial charge is 0.479 e. The van der Waals surface area contributed by atoms with Crippen LogP contribution in [0, 0.1) is 33.5 Å². The van der Waals surface area contributed by atoms with Crippen LogP contribution in [0.25, 0.3) is 22.3 Å². The van der Waals surface area contributed by atoms with Gasteiger partial charge in [-0.25, -0.2) is 17.6 Å². The molecule has 38 heavy (non-hydrogen) atoms. The lowest BCUT2D eigenvalue weighted by molar-refractivity contribution is -0.160. The zero-order chi connectivity index (χ0) is 28.3. The van der Waals surface area contributed by atoms with Crippen LogP contribution in [0.2, 0.25) is 0 Å². The number of aryl methyl sites for hydroxylation is 2. The highest BCUT2D eigenvalue weighted by molar-refractivity contribution is 7.92. The smallest absolute Gasteiger partial charge is 0.337 e. The Bertz CT molecular complexity index is 1550. The van der Waals surface area contributed by atoms with Gasteiger partial charge in [0, 0.05) is 16.7 Å². The second kappa shape index (κ2) is 9.50. The molecule has 1 heterocycles. The van der Waals surface area contributed by atoms with Crippen LogP contribution in [0.5, 0.6) is 0 Å². The maximum absolute atomic E-state index is 15.4. The minimum atomic E-state index is -3.85. The van der Waals surface area contributed by atoms with Gasteiger partial charge in [0.05, 0.1) is 24.1 Å². The van der Waals surface area contributed by atoms with Crippen LogP contribution < -0.4 is 4.31 Å². The van der Waals surface area contributed by atoms with Crippen molar-refractivity contribution in [2.75, 3.05) is 10.6 Å². The predicted molar refractivity (Wildman–Crippen MR) is 148 cm³/mol. The molecule has 0 amide bonds. The zero-order valence-corrected chi connectivity index (χ0v) is 23.9. The highest BCUT2D eigenvalue weighted by atomic mass is 32.2. The van der Waals surface area contributed by atoms with Gasteiger partial charge in [-0.2, -0.15) is 0 Å². The van der Waals surface area contributed by atoms with Crippen molar-refractivity contribution >= 4 is 21.7 Å². The Labute approximate surface area is 224 Å². The molecule has 0 radical (unpaired) electrons. The van der Waals surface area contributed by atoms with E-state index in [1.807, 2.05) is 44.2 Å². The number of aliphatic carboxylic acids is 1. The lowest BCUT2D eigenvalue weighted by atomic mass is 9.80. The zero-order valence-electron chi connectivity index (χ0n) is 23.1. The van der Waals surface area contributed by atoms with E-state index in [1.54, 1.807) is 40.7 Å². The second-order valence-electron chi connectivity index (χ2n) is 11.1. The summed E-state index contributed by atoms with van der Waals surface area (Å²) in [6.07, 6.45) is -0.286. The van der Waals surface area contributed by atoms with Crippen molar-refractivity contribution in [3.63, 3.8) is 0 Å². The molecule has 6 nitrogen and oxygen atoms in total. The first-order valence-corrected chi connectivity index (χ1v) is 14.3. The van der Waals surface area contributed by atoms with Gasteiger partial charge >= 0.3 is 5.97 Å². The Morgan fingerprint density at radius 2 is 1.61 bits per heavy atom. The summed E-state index contributed by atoms with van der Waals surface area (Å²) in [5.41, 5.74) is 5.42. The standard InChI is InChI=1S/C30H34FNO5S/c1-16-9-12-20(13-10-16)23-18(3)24-21-14-11-17(2)26(31)22(21)15-32(38(8,35)36)27(24)19(4)25(23)28(29(33)34)37-30(5,6)7/h9-14,28H,15H2,1-8H3,(H,33,34)/t28-/m0/s1. The Morgan fingerprint density at radius 1 is 1.00 bits per heavy atom. The van der Waals surface area contributed by atoms with Crippen LogP contribution in [0.3, 0.4) is 0 Å². The third kappa shape index (κ3) is 4.83. The van der Waals surface area contributed by atoms with Crippen LogP contribution >= 0.6 is 0 Å². The number of carboxylic acid groups (broad SMARTS) is 1. The molecule has 1 N–H and O–H groups in total. The molecule has 0 bridgehead atoms. The maximum Gasteiger partial charge on any atom is 0.337 e. The lowest BCUT2D eigenvalue weighted by Crippen LogP contribution is -2.35. The fourth-order valence-corrected chi connectivity index (χ4v) is 6.21. The van der Waals surface area contributed by atoms with Crippen molar-refractivity contribution < 1.29 is 27.4 Å². The first-order chi connectivity index (χ1) is 17.5. The molecule has 0 aliphatic carbocycles. The quantitative estimate of drug-likeness (QED) is 0.394. The summed E-state index contributed by atoms with van der Waals surface area (Å²) in [7, 11) is -3.85. The molecule has 0 spiro atoms. The molecule has 0 fully saturated rings. The molecule has 4 rings (SSSR count). The van der Waals surface area contributed by atoms with Crippen LogP contribution in [0.1, 0.15) is 60.3 Å². The summed E-state index contributed by atoms with van der Waals surface area (Å²) in [6.45, 7) is 12.3. The number of hydrogen-bond acceptors (Lipinski definition) is 4. The third-order valence-corrected chi connectivity index (χ3v) is 8.08. The maximum atomic E-state index is 15.4. The van der Waals surface area contributed by atoms with E-state index in [4.69, 9.17) is 4.74 Å². The molecule has 3 aromatic carbocycles. The van der Waals surface area contributed by atoms with E-state index < -0.39 is 33.5 Å². The highest BCUT2D eigenvalue weighted by Gasteiger charge is 2.39. The molecule has 0 saturated carbocycles. The summed E-state index contributed by atoms with van der Waals surface area (Å²) in [4.78, 5) is 12.7. The van der Waals surface area contributed by atoms with Crippen molar-refractivity contribution in [3.05, 3.63) is 75.6 Å². The van der Waals surface area contributed by atoms with Gasteiger partial charge in [0.15, 0.2) is 6.10 Å². The molecule has 8 heteroatoms. The third-order valence-electron chi connectivity index (χ3n) is 6.97. The second-order valence-corrected chi connectivity index (χ2v) is 13.0. The monoisotopic (exact) mass is 539 g/mol. The first kappa shape index (κ1) is 27.8. The van der Waals surface area contributed by atoms with Crippen LogP contribution in [0.4, 0.5) is 10.1 Å². The molecular weight excluding hydrogens is 505 g/mol. The fourth-order valence-electron chi connectivity index (χ4n) is 5.29. The van der Waals surface area contributed by atoms with Gasteiger partial charge in [-0.15, -0.1) is 0 Å². The first-order valence-electron chi connectivity index (χ1n) is 12.4. The molecule has 0 unspecified atom stereocenters. The topological polar surface area (TPSA) is 83.9 Å². The highest BCUT2D eigenvalue weighted by Crippen LogP contribution is 2.52. The number of carboxylic acids is 1. The van der Waals surface area contributed by atoms with E-state index >= 15 is 4.39 Å². The van der Waals surface area contributed by atoms with Crippen molar-refractivity contribution in [2.24, 2.45) is 0 Å². The molecule has 3 aromatic rings. The SMILES string of the molecule is Cc1ccc(-c2c(C)c3c(c(C)c2[C@H](OC(C)(C)C)C(=O)O)N(S(C)(=O)=O)Cc2c-3ccc(C)c2F)cc1. The number of ether oxygens (including phenoxy) is 1. The molecular formula is C30H34FNO5S. The molecule has 1 aliphatic heterocycles. The van der Waals surface area contributed by atoms with Gasteiger partial charge in [0.1, 0.15) is 5.82 Å². The van der Waals surface area contributed by atoms with Crippen LogP contribution in [-0.2, 0) is 26.1 Å². The Morgan fingerprint density at radius 3 is 2.13 bits per heavy atom. The molecule has 0 saturated heterocycles. The lowest BCUT2D eigenvalue weighted by Gasteiger charge is -2.37. The number of sulfonamides is 1. The average Bonchev–Trinajstić information content (AvgIpc) is 2.80. The number of anilines is 1. The van der Waals surface area contributed by atoms with Crippen molar-refractivity contribution in [1.82, 2.24) is 0 Å². The summed E-state index contributed by atoms with van der Waals surface area (Å²) in [5.74, 6) is -1.63. The molecule has 1 aliphatic rings. The summed E-state index contributed by atoms with van der Waals surface area (Å²) in [6, 6.07) is 11.2. The van der Waals surface area contributed by atoms with E-state index in [9.17, 15) is 18.3 Å². The number of nitrogens with zero attached hydrogens (tertiary/aromatic N) is 1. The van der Waals surface area contributed by atoms with Gasteiger partial charge in [-0.1, -0.05) is 42.0 Å². The molecule has 1 atom stereocenters. The van der Waals surface area contributed by atoms with Crippen molar-refractivity contribution in [3.8, 4) is 22.3 Å². The molecule has 202 valence electrons. The predicted octanol–water partition coefficient (Wildman–Crippen LogP) is 6.61. The summed E-state index contributed by atoms with van der Waals surface area (Å²) < 4.78 is 48.9. The summed E-state index contributed by atoms with van der Waals surface area (Å²) >= 11 is 0. The molecule has 0 aromatic heterocycles. The number of hydrogen-bond donors (Lipinski definition) is 1. The van der Waals surface area contributed by atoms with Crippen molar-refractivity contribution in [1.29, 1.82) is 0 Å². The number of benzene rings is 3. The Kier molecular flexibility index (Phi) is 6.95. The van der Waals surface area contributed by atoms with Gasteiger partial charge in [0.2, 0.25) is 10.0 Å². The number of rotatable bonds is 5. The van der Waals surface area contributed by atoms with Gasteiger partial charge in [0.25, 0.3) is 0 Å². The average molecular weight is 540 g/mol. The number of halogens is 1. The van der Waals surface area contributed by atoms with Crippen LogP contribution in [0.15, 0.2) is 36.4 Å². The number of fused-ring (bicyclic) bond motifs is 3. The van der Waals surface area contributed by atoms with Crippen LogP contribution in [-0.4, -0.2) is 31.4 Å². The van der Waals surface area contributed by atoms with E-state index in [-0.39, 0.29) is 6.54 Å². The van der Waals surface area contributed by atoms with E-state index in [1.165, 1.54) is 4.31 Å². The van der Waals surface area contributed by atoms with E-state index in [0.29, 0.717) is 50.2 Å². The van der Waals surface area contributed by atoms with Gasteiger partial charge in [-0.3, -0.25) is 4.31 Å². The van der Waals surface area contributed by atoms with Gasteiger partial charge < -0.3 is 9.84 Å². The Balaban J connectivity index is 2.23. The summed E-state index contributed by atoms with van der Waals surface area (Å²) in [5, 5.41) is 10.4. The number of carbonyl (C=O) groups is 1. The van der Waals surface area contributed by atoms with Gasteiger partial charge in [-0.05, 0) is 81.8 Å². The van der Waals surface area contributed by atoms with Crippen molar-refractivity contribution in [2.45, 2.75) is 66.7 Å². The Hall–Kier alpha value is -3.23. The van der Waals surface area contributed by atoms with E-state index in [2.05, 4.69) is 0 Å². The van der Waals surface area contributed by atoms with E-state index in [0.717, 1.165) is 17.4 Å².